The number of benzene rings is 9. The highest BCUT2D eigenvalue weighted by molar-refractivity contribution is 6.11. The molecule has 282 valence electrons. The van der Waals surface area contributed by atoms with E-state index in [0.29, 0.717) is 17.5 Å². The van der Waals surface area contributed by atoms with Gasteiger partial charge >= 0.3 is 0 Å². The zero-order chi connectivity index (χ0) is 39.8. The van der Waals surface area contributed by atoms with Crippen molar-refractivity contribution in [3.05, 3.63) is 218 Å². The van der Waals surface area contributed by atoms with E-state index in [9.17, 15) is 0 Å². The minimum atomic E-state index is 0.626. The van der Waals surface area contributed by atoms with E-state index in [1.54, 1.807) is 0 Å². The van der Waals surface area contributed by atoms with Gasteiger partial charge in [-0.1, -0.05) is 158 Å². The Morgan fingerprint density at radius 3 is 1.52 bits per heavy atom. The quantitative estimate of drug-likeness (QED) is 0.167. The summed E-state index contributed by atoms with van der Waals surface area (Å²) < 4.78 is 2.41. The second-order valence-corrected chi connectivity index (χ2v) is 14.9. The van der Waals surface area contributed by atoms with E-state index in [-0.39, 0.29) is 0 Å². The van der Waals surface area contributed by atoms with E-state index in [1.807, 2.05) is 60.7 Å². The van der Waals surface area contributed by atoms with Gasteiger partial charge in [-0.2, -0.15) is 0 Å². The maximum Gasteiger partial charge on any atom is 0.164 e. The third-order valence-electron chi connectivity index (χ3n) is 11.2. The van der Waals surface area contributed by atoms with E-state index in [4.69, 9.17) is 15.0 Å². The van der Waals surface area contributed by atoms with Crippen LogP contribution in [0, 0.1) is 0 Å². The molecule has 0 radical (unpaired) electrons. The van der Waals surface area contributed by atoms with Gasteiger partial charge < -0.3 is 9.88 Å². The minimum Gasteiger partial charge on any atom is -0.355 e. The van der Waals surface area contributed by atoms with Crippen molar-refractivity contribution in [2.24, 2.45) is 0 Å². The van der Waals surface area contributed by atoms with Crippen LogP contribution in [0.4, 0.5) is 11.4 Å². The fourth-order valence-electron chi connectivity index (χ4n) is 8.30. The third-order valence-corrected chi connectivity index (χ3v) is 11.2. The summed E-state index contributed by atoms with van der Waals surface area (Å²) in [5.41, 5.74) is 12.9. The minimum absolute atomic E-state index is 0.626. The van der Waals surface area contributed by atoms with Gasteiger partial charge in [-0.05, 0) is 82.7 Å². The lowest BCUT2D eigenvalue weighted by Crippen LogP contribution is -2.00. The van der Waals surface area contributed by atoms with E-state index >= 15 is 0 Å². The Hall–Kier alpha value is -8.15. The monoisotopic (exact) mass is 767 g/mol. The second-order valence-electron chi connectivity index (χ2n) is 14.9. The lowest BCUT2D eigenvalue weighted by Gasteiger charge is -2.15. The molecule has 0 aliphatic carbocycles. The molecule has 11 aromatic rings. The van der Waals surface area contributed by atoms with Gasteiger partial charge in [-0.15, -0.1) is 0 Å². The average Bonchev–Trinajstić information content (AvgIpc) is 3.66. The van der Waals surface area contributed by atoms with E-state index in [0.717, 1.165) is 44.8 Å². The summed E-state index contributed by atoms with van der Waals surface area (Å²) in [5.74, 6) is 1.91. The van der Waals surface area contributed by atoms with Crippen LogP contribution in [0.1, 0.15) is 0 Å². The van der Waals surface area contributed by atoms with E-state index < -0.39 is 0 Å². The zero-order valence-corrected chi connectivity index (χ0v) is 32.6. The Bertz CT molecular complexity index is 3260. The third kappa shape index (κ3) is 6.45. The molecule has 2 aromatic heterocycles. The van der Waals surface area contributed by atoms with Crippen LogP contribution in [0.5, 0.6) is 0 Å². The van der Waals surface area contributed by atoms with Crippen LogP contribution >= 0.6 is 0 Å². The van der Waals surface area contributed by atoms with Gasteiger partial charge in [0.05, 0.1) is 16.7 Å². The summed E-state index contributed by atoms with van der Waals surface area (Å²) in [4.78, 5) is 14.7. The van der Waals surface area contributed by atoms with Crippen LogP contribution in [0.15, 0.2) is 218 Å². The normalized spacial score (nSPS) is 11.3. The molecule has 9 aromatic carbocycles. The first-order valence-corrected chi connectivity index (χ1v) is 20.2. The molecule has 0 saturated carbocycles. The Morgan fingerprint density at radius 2 is 0.833 bits per heavy atom. The van der Waals surface area contributed by atoms with Gasteiger partial charge in [0.25, 0.3) is 0 Å². The van der Waals surface area contributed by atoms with Gasteiger partial charge in [0.15, 0.2) is 17.5 Å². The summed E-state index contributed by atoms with van der Waals surface area (Å²) in [6.45, 7) is 0. The predicted molar refractivity (Wildman–Crippen MR) is 249 cm³/mol. The molecule has 0 bridgehead atoms. The molecular weight excluding hydrogens is 731 g/mol. The van der Waals surface area contributed by atoms with Gasteiger partial charge in [0.2, 0.25) is 0 Å². The van der Waals surface area contributed by atoms with Crippen molar-refractivity contribution in [1.82, 2.24) is 19.5 Å². The Balaban J connectivity index is 0.957. The molecule has 0 atom stereocenters. The van der Waals surface area contributed by atoms with Crippen molar-refractivity contribution < 1.29 is 0 Å². The van der Waals surface area contributed by atoms with Crippen molar-refractivity contribution in [2.75, 3.05) is 5.32 Å². The van der Waals surface area contributed by atoms with E-state index in [2.05, 4.69) is 168 Å². The first kappa shape index (κ1) is 35.0. The molecule has 0 unspecified atom stereocenters. The summed E-state index contributed by atoms with van der Waals surface area (Å²) in [5, 5.41) is 8.66. The molecule has 0 saturated heterocycles. The number of anilines is 2. The van der Waals surface area contributed by atoms with Crippen LogP contribution < -0.4 is 5.32 Å². The number of aromatic nitrogens is 4. The average molecular weight is 768 g/mol. The summed E-state index contributed by atoms with van der Waals surface area (Å²) in [6, 6.07) is 76.6. The highest BCUT2D eigenvalue weighted by Crippen LogP contribution is 2.39. The molecule has 2 heterocycles. The molecule has 0 fully saturated rings. The van der Waals surface area contributed by atoms with Crippen molar-refractivity contribution in [2.45, 2.75) is 0 Å². The standard InChI is InChI=1S/C55H37N5/c1-4-15-38(16-5-1)47-35-42(43-30-34-52-48(36-43)46-24-12-13-25-51(46)60(52)50-26-14-22-37-17-10-11-23-45(37)50)29-33-49(47)56-44-31-27-41(28-32-44)55-58-53(39-18-6-2-7-19-39)57-54(59-55)40-20-8-3-9-21-40/h1-36,56H. The number of hydrogen-bond donors (Lipinski definition) is 1. The topological polar surface area (TPSA) is 55.6 Å². The van der Waals surface area contributed by atoms with Crippen molar-refractivity contribution in [3.8, 4) is 62.1 Å². The van der Waals surface area contributed by atoms with Crippen molar-refractivity contribution in [3.63, 3.8) is 0 Å². The molecule has 5 heteroatoms. The Labute approximate surface area is 348 Å². The molecule has 0 amide bonds. The van der Waals surface area contributed by atoms with Crippen LogP contribution in [-0.2, 0) is 0 Å². The number of nitrogens with zero attached hydrogens (tertiary/aromatic N) is 4. The number of rotatable bonds is 8. The molecule has 0 aliphatic heterocycles. The maximum absolute atomic E-state index is 4.93. The summed E-state index contributed by atoms with van der Waals surface area (Å²) in [7, 11) is 0. The zero-order valence-electron chi connectivity index (χ0n) is 32.6. The van der Waals surface area contributed by atoms with E-state index in [1.165, 1.54) is 43.8 Å². The van der Waals surface area contributed by atoms with Crippen molar-refractivity contribution in [1.29, 1.82) is 0 Å². The van der Waals surface area contributed by atoms with Gasteiger partial charge in [0.1, 0.15) is 0 Å². The fourth-order valence-corrected chi connectivity index (χ4v) is 8.30. The molecule has 0 aliphatic rings. The number of para-hydroxylation sites is 1. The molecule has 60 heavy (non-hydrogen) atoms. The molecule has 1 N–H and O–H groups in total. The van der Waals surface area contributed by atoms with Crippen molar-refractivity contribution >= 4 is 44.0 Å². The smallest absolute Gasteiger partial charge is 0.164 e. The fraction of sp³-hybridized carbons (Fsp3) is 0. The van der Waals surface area contributed by atoms with Crippen LogP contribution in [0.2, 0.25) is 0 Å². The molecule has 5 nitrogen and oxygen atoms in total. The first-order chi connectivity index (χ1) is 29.7. The van der Waals surface area contributed by atoms with Crippen LogP contribution in [0.25, 0.3) is 94.7 Å². The molecular formula is C55H37N5. The van der Waals surface area contributed by atoms with Crippen LogP contribution in [-0.4, -0.2) is 19.5 Å². The lowest BCUT2D eigenvalue weighted by atomic mass is 9.96. The molecule has 11 rings (SSSR count). The maximum atomic E-state index is 4.93. The number of nitrogens with one attached hydrogen (secondary N) is 1. The van der Waals surface area contributed by atoms with Gasteiger partial charge in [0, 0.05) is 49.8 Å². The Morgan fingerprint density at radius 1 is 0.333 bits per heavy atom. The summed E-state index contributed by atoms with van der Waals surface area (Å²) in [6.07, 6.45) is 0. The Kier molecular flexibility index (Phi) is 8.75. The lowest BCUT2D eigenvalue weighted by molar-refractivity contribution is 1.07. The number of hydrogen-bond acceptors (Lipinski definition) is 4. The van der Waals surface area contributed by atoms with Gasteiger partial charge in [-0.25, -0.2) is 15.0 Å². The number of fused-ring (bicyclic) bond motifs is 4. The molecule has 0 spiro atoms. The van der Waals surface area contributed by atoms with Crippen LogP contribution in [0.3, 0.4) is 0 Å². The summed E-state index contributed by atoms with van der Waals surface area (Å²) >= 11 is 0. The highest BCUT2D eigenvalue weighted by Gasteiger charge is 2.17. The SMILES string of the molecule is c1ccc(-c2nc(-c3ccccc3)nc(-c3ccc(Nc4ccc(-c5ccc6c(c5)c5ccccc5n6-c5cccc6ccccc56)cc4-c4ccccc4)cc3)n2)cc1. The largest absolute Gasteiger partial charge is 0.355 e. The predicted octanol–water partition coefficient (Wildman–Crippen LogP) is 14.2. The van der Waals surface area contributed by atoms with Gasteiger partial charge in [-0.3, -0.25) is 0 Å². The first-order valence-electron chi connectivity index (χ1n) is 20.2. The highest BCUT2D eigenvalue weighted by atomic mass is 15.0. The second kappa shape index (κ2) is 15.0.